The van der Waals surface area contributed by atoms with Crippen LogP contribution < -0.4 is 17.0 Å². The highest BCUT2D eigenvalue weighted by atomic mass is 16.3. The second-order valence-electron chi connectivity index (χ2n) is 2.09. The standard InChI is InChI=1S/C6H11N3O/c1-4-2-3-5(10-4)6(7)9-8/h2-3,6,9H,7-8H2,1H3. The van der Waals surface area contributed by atoms with Crippen molar-refractivity contribution in [1.29, 1.82) is 0 Å². The van der Waals surface area contributed by atoms with Gasteiger partial charge in [0.15, 0.2) is 0 Å². The summed E-state index contributed by atoms with van der Waals surface area (Å²) in [6.07, 6.45) is -0.409. The summed E-state index contributed by atoms with van der Waals surface area (Å²) in [6, 6.07) is 3.63. The lowest BCUT2D eigenvalue weighted by Gasteiger charge is -2.04. The average Bonchev–Trinajstić information content (AvgIpc) is 2.34. The van der Waals surface area contributed by atoms with Crippen LogP contribution >= 0.6 is 0 Å². The predicted molar refractivity (Wildman–Crippen MR) is 37.7 cm³/mol. The zero-order chi connectivity index (χ0) is 7.56. The van der Waals surface area contributed by atoms with Gasteiger partial charge in [0.05, 0.1) is 0 Å². The molecule has 0 saturated heterocycles. The van der Waals surface area contributed by atoms with E-state index in [1.54, 1.807) is 6.07 Å². The quantitative estimate of drug-likeness (QED) is 0.308. The minimum atomic E-state index is -0.409. The molecule has 0 aromatic carbocycles. The monoisotopic (exact) mass is 141 g/mol. The van der Waals surface area contributed by atoms with Gasteiger partial charge in [-0.2, -0.15) is 0 Å². The third-order valence-electron chi connectivity index (χ3n) is 1.25. The zero-order valence-electron chi connectivity index (χ0n) is 5.79. The lowest BCUT2D eigenvalue weighted by molar-refractivity contribution is 0.411. The van der Waals surface area contributed by atoms with Crippen molar-refractivity contribution in [2.24, 2.45) is 11.6 Å². The Morgan fingerprint density at radius 1 is 1.60 bits per heavy atom. The van der Waals surface area contributed by atoms with Crippen molar-refractivity contribution in [3.8, 4) is 0 Å². The van der Waals surface area contributed by atoms with E-state index in [-0.39, 0.29) is 0 Å². The molecule has 0 fully saturated rings. The van der Waals surface area contributed by atoms with Crippen molar-refractivity contribution in [3.05, 3.63) is 23.7 Å². The molecule has 0 amide bonds. The maximum Gasteiger partial charge on any atom is 0.136 e. The molecule has 1 rings (SSSR count). The number of furan rings is 1. The third-order valence-corrected chi connectivity index (χ3v) is 1.25. The molecule has 0 spiro atoms. The number of nitrogens with one attached hydrogen (secondary N) is 1. The first kappa shape index (κ1) is 7.27. The molecule has 1 atom stereocenters. The van der Waals surface area contributed by atoms with Gasteiger partial charge in [-0.15, -0.1) is 0 Å². The van der Waals surface area contributed by atoms with Crippen molar-refractivity contribution in [1.82, 2.24) is 5.43 Å². The van der Waals surface area contributed by atoms with Crippen LogP contribution in [-0.4, -0.2) is 0 Å². The number of hydrazine groups is 1. The molecule has 4 nitrogen and oxygen atoms in total. The molecular weight excluding hydrogens is 130 g/mol. The molecule has 0 aliphatic carbocycles. The van der Waals surface area contributed by atoms with Gasteiger partial charge in [0.25, 0.3) is 0 Å². The highest BCUT2D eigenvalue weighted by molar-refractivity contribution is 5.08. The van der Waals surface area contributed by atoms with E-state index in [0.29, 0.717) is 5.76 Å². The van der Waals surface area contributed by atoms with Gasteiger partial charge in [0.1, 0.15) is 17.7 Å². The van der Waals surface area contributed by atoms with Gasteiger partial charge in [0, 0.05) is 0 Å². The SMILES string of the molecule is Cc1ccc(C(N)NN)o1. The topological polar surface area (TPSA) is 77.2 Å². The minimum absolute atomic E-state index is 0.409. The van der Waals surface area contributed by atoms with E-state index in [9.17, 15) is 0 Å². The van der Waals surface area contributed by atoms with Gasteiger partial charge in [-0.3, -0.25) is 5.84 Å². The lowest BCUT2D eigenvalue weighted by atomic mass is 10.4. The van der Waals surface area contributed by atoms with E-state index in [2.05, 4.69) is 5.43 Å². The number of nitrogens with two attached hydrogens (primary N) is 2. The Labute approximate surface area is 59.2 Å². The lowest BCUT2D eigenvalue weighted by Crippen LogP contribution is -2.33. The van der Waals surface area contributed by atoms with E-state index in [1.165, 1.54) is 0 Å². The highest BCUT2D eigenvalue weighted by Crippen LogP contribution is 2.10. The second kappa shape index (κ2) is 2.83. The Hall–Kier alpha value is -0.840. The summed E-state index contributed by atoms with van der Waals surface area (Å²) < 4.78 is 5.17. The molecule has 0 saturated carbocycles. The van der Waals surface area contributed by atoms with Crippen LogP contribution in [0.25, 0.3) is 0 Å². The Kier molecular flexibility index (Phi) is 2.06. The molecule has 5 N–H and O–H groups in total. The molecule has 1 unspecified atom stereocenters. The molecule has 1 aromatic rings. The van der Waals surface area contributed by atoms with Crippen molar-refractivity contribution in [2.45, 2.75) is 13.1 Å². The molecule has 4 heteroatoms. The van der Waals surface area contributed by atoms with Crippen LogP contribution in [-0.2, 0) is 0 Å². The first-order valence-corrected chi connectivity index (χ1v) is 3.02. The Balaban J connectivity index is 2.74. The van der Waals surface area contributed by atoms with E-state index in [1.807, 2.05) is 13.0 Å². The van der Waals surface area contributed by atoms with Crippen LogP contribution in [0.15, 0.2) is 16.5 Å². The highest BCUT2D eigenvalue weighted by Gasteiger charge is 2.05. The average molecular weight is 141 g/mol. The molecule has 10 heavy (non-hydrogen) atoms. The minimum Gasteiger partial charge on any atom is -0.463 e. The Morgan fingerprint density at radius 2 is 2.30 bits per heavy atom. The summed E-state index contributed by atoms with van der Waals surface area (Å²) in [5, 5.41) is 0. The fourth-order valence-electron chi connectivity index (χ4n) is 0.703. The Morgan fingerprint density at radius 3 is 2.70 bits per heavy atom. The molecule has 0 aliphatic rings. The number of rotatable bonds is 2. The fourth-order valence-corrected chi connectivity index (χ4v) is 0.703. The molecule has 0 aliphatic heterocycles. The molecule has 56 valence electrons. The molecule has 1 aromatic heterocycles. The van der Waals surface area contributed by atoms with Crippen LogP contribution in [0.1, 0.15) is 17.7 Å². The zero-order valence-corrected chi connectivity index (χ0v) is 5.79. The van der Waals surface area contributed by atoms with E-state index in [0.717, 1.165) is 5.76 Å². The van der Waals surface area contributed by atoms with Crippen LogP contribution in [0.2, 0.25) is 0 Å². The summed E-state index contributed by atoms with van der Waals surface area (Å²) in [5.74, 6) is 6.57. The van der Waals surface area contributed by atoms with Crippen LogP contribution in [0.4, 0.5) is 0 Å². The summed E-state index contributed by atoms with van der Waals surface area (Å²) in [5.41, 5.74) is 7.86. The van der Waals surface area contributed by atoms with E-state index < -0.39 is 6.17 Å². The number of hydrogen-bond acceptors (Lipinski definition) is 4. The first-order valence-electron chi connectivity index (χ1n) is 3.02. The van der Waals surface area contributed by atoms with Crippen LogP contribution in [0.5, 0.6) is 0 Å². The Bertz CT molecular complexity index is 209. The summed E-state index contributed by atoms with van der Waals surface area (Å²) >= 11 is 0. The van der Waals surface area contributed by atoms with Crippen molar-refractivity contribution >= 4 is 0 Å². The fraction of sp³-hybridized carbons (Fsp3) is 0.333. The van der Waals surface area contributed by atoms with Crippen LogP contribution in [0.3, 0.4) is 0 Å². The summed E-state index contributed by atoms with van der Waals surface area (Å²) in [4.78, 5) is 0. The predicted octanol–water partition coefficient (Wildman–Crippen LogP) is 0.00862. The van der Waals surface area contributed by atoms with Gasteiger partial charge in [0.2, 0.25) is 0 Å². The molecule has 1 heterocycles. The molecule has 0 bridgehead atoms. The maximum atomic E-state index is 5.48. The summed E-state index contributed by atoms with van der Waals surface area (Å²) in [7, 11) is 0. The maximum absolute atomic E-state index is 5.48. The third kappa shape index (κ3) is 1.36. The number of hydrogen-bond donors (Lipinski definition) is 3. The van der Waals surface area contributed by atoms with Gasteiger partial charge in [-0.1, -0.05) is 0 Å². The van der Waals surface area contributed by atoms with Gasteiger partial charge in [-0.05, 0) is 19.1 Å². The van der Waals surface area contributed by atoms with Crippen molar-refractivity contribution in [2.75, 3.05) is 0 Å². The van der Waals surface area contributed by atoms with E-state index >= 15 is 0 Å². The molecular formula is C6H11N3O. The van der Waals surface area contributed by atoms with Gasteiger partial charge >= 0.3 is 0 Å². The summed E-state index contributed by atoms with van der Waals surface area (Å²) in [6.45, 7) is 1.85. The normalized spacial score (nSPS) is 13.5. The van der Waals surface area contributed by atoms with E-state index in [4.69, 9.17) is 16.0 Å². The van der Waals surface area contributed by atoms with Crippen LogP contribution in [0, 0.1) is 6.92 Å². The number of aryl methyl sites for hydroxylation is 1. The largest absolute Gasteiger partial charge is 0.463 e. The van der Waals surface area contributed by atoms with Crippen molar-refractivity contribution in [3.63, 3.8) is 0 Å². The van der Waals surface area contributed by atoms with Crippen molar-refractivity contribution < 1.29 is 4.42 Å². The van der Waals surface area contributed by atoms with Gasteiger partial charge < -0.3 is 10.2 Å². The molecule has 0 radical (unpaired) electrons. The first-order chi connectivity index (χ1) is 4.74. The second-order valence-corrected chi connectivity index (χ2v) is 2.09. The van der Waals surface area contributed by atoms with Gasteiger partial charge in [-0.25, -0.2) is 5.43 Å². The smallest absolute Gasteiger partial charge is 0.136 e.